The van der Waals surface area contributed by atoms with Gasteiger partial charge in [-0.05, 0) is 132 Å². The fourth-order valence-electron chi connectivity index (χ4n) is 7.61. The van der Waals surface area contributed by atoms with E-state index in [-0.39, 0.29) is 46.7 Å². The van der Waals surface area contributed by atoms with Crippen molar-refractivity contribution in [1.29, 1.82) is 0 Å². The van der Waals surface area contributed by atoms with Crippen molar-refractivity contribution in [3.8, 4) is 66.8 Å². The monoisotopic (exact) mass is 759 g/mol. The van der Waals surface area contributed by atoms with E-state index in [2.05, 4.69) is 0 Å². The number of anilines is 3. The first kappa shape index (κ1) is 27.8. The lowest BCUT2D eigenvalue weighted by atomic mass is 9.93. The van der Waals surface area contributed by atoms with Gasteiger partial charge in [0, 0.05) is 17.1 Å². The van der Waals surface area contributed by atoms with Gasteiger partial charge in [-0.2, -0.15) is 0 Å². The molecule has 0 amide bonds. The SMILES string of the molecule is [2H]c1c([2H])c(N(c2cccc(-c3cccc4ccccc34)c2)c2c([2H])c([2H])c(-c3cc(-c4ccccc4)cc(-c4ccccc4)c3)c([2H])c2[2H])c([2H])c([2H])c1-c1ccc(-c2ccccc2)cc1. The molecule has 0 aliphatic rings. The Labute approximate surface area is 358 Å². The Hall–Kier alpha value is -7.74. The van der Waals surface area contributed by atoms with Gasteiger partial charge < -0.3 is 4.90 Å². The Kier molecular flexibility index (Phi) is 7.54. The van der Waals surface area contributed by atoms with E-state index in [0.29, 0.717) is 16.8 Å². The van der Waals surface area contributed by atoms with Gasteiger partial charge in [0.15, 0.2) is 0 Å². The van der Waals surface area contributed by atoms with Crippen molar-refractivity contribution in [3.63, 3.8) is 0 Å². The summed E-state index contributed by atoms with van der Waals surface area (Å²) in [5.74, 6) is 0. The molecule has 0 fully saturated rings. The fraction of sp³-hybridized carbons (Fsp3) is 0. The van der Waals surface area contributed by atoms with Crippen molar-refractivity contribution >= 4 is 27.8 Å². The van der Waals surface area contributed by atoms with Crippen molar-refractivity contribution in [1.82, 2.24) is 0 Å². The van der Waals surface area contributed by atoms with Crippen LogP contribution in [0.3, 0.4) is 0 Å². The normalized spacial score (nSPS) is 12.9. The Bertz CT molecular complexity index is 3370. The molecule has 0 aliphatic heterocycles. The molecule has 1 nitrogen and oxygen atoms in total. The van der Waals surface area contributed by atoms with Crippen LogP contribution in [0.15, 0.2) is 249 Å². The van der Waals surface area contributed by atoms with Gasteiger partial charge in [0.1, 0.15) is 0 Å². The summed E-state index contributed by atoms with van der Waals surface area (Å²) in [6, 6.07) is 61.0. The van der Waals surface area contributed by atoms with Crippen LogP contribution < -0.4 is 4.90 Å². The molecule has 0 aliphatic carbocycles. The second-order valence-electron chi connectivity index (χ2n) is 14.3. The Morgan fingerprint density at radius 3 is 1.20 bits per heavy atom. The first-order valence-corrected chi connectivity index (χ1v) is 19.6. The minimum absolute atomic E-state index is 0.0898. The largest absolute Gasteiger partial charge is 0.310 e. The predicted octanol–water partition coefficient (Wildman–Crippen LogP) is 16.3. The van der Waals surface area contributed by atoms with E-state index in [1.54, 1.807) is 18.2 Å². The summed E-state index contributed by atoms with van der Waals surface area (Å²) < 4.78 is 77.1. The zero-order valence-corrected chi connectivity index (χ0v) is 32.0. The number of rotatable bonds is 9. The van der Waals surface area contributed by atoms with E-state index < -0.39 is 24.2 Å². The highest BCUT2D eigenvalue weighted by atomic mass is 15.1. The molecule has 0 saturated carbocycles. The number of hydrogen-bond acceptors (Lipinski definition) is 1. The first-order chi connectivity index (χ1) is 32.6. The first-order valence-electron chi connectivity index (χ1n) is 23.6. The van der Waals surface area contributed by atoms with Crippen LogP contribution in [0.2, 0.25) is 0 Å². The molecular formula is C58H41N. The van der Waals surface area contributed by atoms with E-state index in [1.165, 1.54) is 4.90 Å². The average molecular weight is 760 g/mol. The van der Waals surface area contributed by atoms with Crippen molar-refractivity contribution in [2.75, 3.05) is 4.90 Å². The van der Waals surface area contributed by atoms with E-state index in [1.807, 2.05) is 182 Å². The van der Waals surface area contributed by atoms with Crippen LogP contribution in [-0.2, 0) is 0 Å². The predicted molar refractivity (Wildman–Crippen MR) is 251 cm³/mol. The molecule has 278 valence electrons. The maximum Gasteiger partial charge on any atom is 0.0645 e. The Morgan fingerprint density at radius 2 is 0.644 bits per heavy atom. The van der Waals surface area contributed by atoms with Crippen LogP contribution >= 0.6 is 0 Å². The van der Waals surface area contributed by atoms with Gasteiger partial charge in [-0.1, -0.05) is 194 Å². The number of fused-ring (bicyclic) bond motifs is 1. The quantitative estimate of drug-likeness (QED) is 0.142. The third kappa shape index (κ3) is 7.46. The number of nitrogens with zero attached hydrogens (tertiary/aromatic N) is 1. The van der Waals surface area contributed by atoms with Gasteiger partial charge >= 0.3 is 0 Å². The molecule has 0 radical (unpaired) electrons. The molecule has 10 aromatic rings. The number of benzene rings is 10. The summed E-state index contributed by atoms with van der Waals surface area (Å²) in [4.78, 5) is 1.37. The molecule has 0 bridgehead atoms. The highest BCUT2D eigenvalue weighted by molar-refractivity contribution is 5.97. The van der Waals surface area contributed by atoms with Crippen molar-refractivity contribution in [3.05, 3.63) is 249 Å². The topological polar surface area (TPSA) is 3.24 Å². The van der Waals surface area contributed by atoms with E-state index >= 15 is 0 Å². The standard InChI is InChI=1S/C58H41N/c1-4-14-42(15-5-1)45-26-28-46(29-27-45)47-30-34-54(35-31-47)59(56-23-12-22-50(41-56)58-25-13-21-49-20-10-11-24-57(49)58)55-36-32-48(33-37-55)53-39-51(43-16-6-2-7-17-43)38-52(40-53)44-18-8-3-9-19-44/h1-41H/i30D,31D,32D,33D,34D,35D,36D,37D. The van der Waals surface area contributed by atoms with Crippen molar-refractivity contribution in [2.24, 2.45) is 0 Å². The summed E-state index contributed by atoms with van der Waals surface area (Å²) in [6.07, 6.45) is 0. The van der Waals surface area contributed by atoms with Crippen LogP contribution in [0.4, 0.5) is 17.1 Å². The van der Waals surface area contributed by atoms with Gasteiger partial charge in [0.2, 0.25) is 0 Å². The Morgan fingerprint density at radius 1 is 0.254 bits per heavy atom. The summed E-state index contributed by atoms with van der Waals surface area (Å²) in [5.41, 5.74) is 8.20. The van der Waals surface area contributed by atoms with Crippen LogP contribution in [-0.4, -0.2) is 0 Å². The summed E-state index contributed by atoms with van der Waals surface area (Å²) in [7, 11) is 0. The molecule has 59 heavy (non-hydrogen) atoms. The molecule has 0 heterocycles. The molecule has 0 N–H and O–H groups in total. The van der Waals surface area contributed by atoms with Gasteiger partial charge in [0.05, 0.1) is 11.0 Å². The van der Waals surface area contributed by atoms with E-state index in [9.17, 15) is 11.0 Å². The summed E-state index contributed by atoms with van der Waals surface area (Å²) in [5, 5.41) is 2.01. The maximum absolute atomic E-state index is 9.78. The molecule has 10 rings (SSSR count). The van der Waals surface area contributed by atoms with Crippen LogP contribution in [0.5, 0.6) is 0 Å². The number of hydrogen-bond donors (Lipinski definition) is 0. The molecule has 0 atom stereocenters. The molecule has 1 heteroatoms. The zero-order chi connectivity index (χ0) is 46.3. The van der Waals surface area contributed by atoms with Crippen molar-refractivity contribution in [2.45, 2.75) is 0 Å². The highest BCUT2D eigenvalue weighted by Gasteiger charge is 2.16. The third-order valence-electron chi connectivity index (χ3n) is 10.6. The highest BCUT2D eigenvalue weighted by Crippen LogP contribution is 2.40. The smallest absolute Gasteiger partial charge is 0.0645 e. The Balaban J connectivity index is 1.20. The lowest BCUT2D eigenvalue weighted by Crippen LogP contribution is -2.10. The third-order valence-corrected chi connectivity index (χ3v) is 10.6. The van der Waals surface area contributed by atoms with Gasteiger partial charge in [0.25, 0.3) is 0 Å². The second kappa shape index (κ2) is 16.0. The molecule has 0 saturated heterocycles. The fourth-order valence-corrected chi connectivity index (χ4v) is 7.61. The second-order valence-corrected chi connectivity index (χ2v) is 14.3. The summed E-state index contributed by atoms with van der Waals surface area (Å²) >= 11 is 0. The van der Waals surface area contributed by atoms with Crippen LogP contribution in [0.1, 0.15) is 11.0 Å². The van der Waals surface area contributed by atoms with Crippen LogP contribution in [0.25, 0.3) is 77.5 Å². The minimum atomic E-state index is -0.407. The lowest BCUT2D eigenvalue weighted by Gasteiger charge is -2.26. The average Bonchev–Trinajstić information content (AvgIpc) is 3.38. The van der Waals surface area contributed by atoms with E-state index in [0.717, 1.165) is 55.3 Å². The van der Waals surface area contributed by atoms with Gasteiger partial charge in [-0.25, -0.2) is 0 Å². The molecule has 0 spiro atoms. The van der Waals surface area contributed by atoms with Gasteiger partial charge in [-0.3, -0.25) is 0 Å². The summed E-state index contributed by atoms with van der Waals surface area (Å²) in [6.45, 7) is 0. The lowest BCUT2D eigenvalue weighted by molar-refractivity contribution is 1.28. The molecule has 0 unspecified atom stereocenters. The maximum atomic E-state index is 9.78. The molecule has 0 aromatic heterocycles. The van der Waals surface area contributed by atoms with Crippen molar-refractivity contribution < 1.29 is 11.0 Å². The molecular weight excluding hydrogens is 711 g/mol. The van der Waals surface area contributed by atoms with Gasteiger partial charge in [-0.15, -0.1) is 0 Å². The zero-order valence-electron chi connectivity index (χ0n) is 40.0. The van der Waals surface area contributed by atoms with Crippen LogP contribution in [0, 0.1) is 0 Å². The molecule has 10 aromatic carbocycles. The minimum Gasteiger partial charge on any atom is -0.310 e. The van der Waals surface area contributed by atoms with E-state index in [4.69, 9.17) is 0 Å².